The quantitative estimate of drug-likeness (QED) is 0.769. The van der Waals surface area contributed by atoms with E-state index in [1.165, 1.54) is 26.0 Å². The Hall–Kier alpha value is -1.96. The number of urea groups is 1. The van der Waals surface area contributed by atoms with Gasteiger partial charge in [-0.05, 0) is 32.0 Å². The number of carbonyl (C=O) groups excluding carboxylic acids is 2. The Morgan fingerprint density at radius 2 is 1.95 bits per heavy atom. The summed E-state index contributed by atoms with van der Waals surface area (Å²) < 4.78 is 14.0. The fourth-order valence-electron chi connectivity index (χ4n) is 1.39. The minimum Gasteiger partial charge on any atom is -0.481 e. The second-order valence-corrected chi connectivity index (χ2v) is 5.91. The molecule has 0 aromatic heterocycles. The van der Waals surface area contributed by atoms with Gasteiger partial charge in [0, 0.05) is 10.9 Å². The van der Waals surface area contributed by atoms with Gasteiger partial charge in [-0.15, -0.1) is 0 Å². The van der Waals surface area contributed by atoms with E-state index >= 15 is 0 Å². The lowest BCUT2D eigenvalue weighted by Crippen LogP contribution is -2.38. The SMILES string of the molecule is CC(C)(CC(=O)NC(=O)Nc1cc(Br)ccc1F)C(=O)O. The summed E-state index contributed by atoms with van der Waals surface area (Å²) in [5, 5.41) is 13.0. The van der Waals surface area contributed by atoms with Gasteiger partial charge in [-0.2, -0.15) is 0 Å². The number of anilines is 1. The number of hydrogen-bond acceptors (Lipinski definition) is 3. The molecule has 6 nitrogen and oxygen atoms in total. The van der Waals surface area contributed by atoms with Crippen LogP contribution in [-0.2, 0) is 9.59 Å². The first-order valence-electron chi connectivity index (χ1n) is 5.91. The average Bonchev–Trinajstić information content (AvgIpc) is 2.32. The molecule has 0 fully saturated rings. The fourth-order valence-corrected chi connectivity index (χ4v) is 1.76. The molecule has 8 heteroatoms. The third kappa shape index (κ3) is 5.14. The number of halogens is 2. The van der Waals surface area contributed by atoms with Crippen molar-refractivity contribution in [2.24, 2.45) is 5.41 Å². The molecule has 0 heterocycles. The van der Waals surface area contributed by atoms with Gasteiger partial charge < -0.3 is 10.4 Å². The molecule has 0 unspecified atom stereocenters. The maximum absolute atomic E-state index is 13.4. The summed E-state index contributed by atoms with van der Waals surface area (Å²) in [5.41, 5.74) is -1.40. The maximum atomic E-state index is 13.4. The monoisotopic (exact) mass is 360 g/mol. The van der Waals surface area contributed by atoms with Crippen molar-refractivity contribution >= 4 is 39.5 Å². The summed E-state index contributed by atoms with van der Waals surface area (Å²) in [7, 11) is 0. The van der Waals surface area contributed by atoms with E-state index in [0.29, 0.717) is 4.47 Å². The first-order valence-corrected chi connectivity index (χ1v) is 6.70. The number of nitrogens with one attached hydrogen (secondary N) is 2. The van der Waals surface area contributed by atoms with Gasteiger partial charge in [0.2, 0.25) is 5.91 Å². The number of rotatable bonds is 4. The second kappa shape index (κ2) is 6.66. The number of imide groups is 1. The molecule has 1 rings (SSSR count). The van der Waals surface area contributed by atoms with Crippen molar-refractivity contribution in [3.8, 4) is 0 Å². The van der Waals surface area contributed by atoms with Gasteiger partial charge in [0.15, 0.2) is 0 Å². The molecule has 0 spiro atoms. The number of carbonyl (C=O) groups is 3. The molecule has 3 amide bonds. The zero-order valence-electron chi connectivity index (χ0n) is 11.4. The van der Waals surface area contributed by atoms with Crippen LogP contribution in [0.1, 0.15) is 20.3 Å². The molecule has 0 aliphatic rings. The van der Waals surface area contributed by atoms with E-state index in [4.69, 9.17) is 5.11 Å². The van der Waals surface area contributed by atoms with Gasteiger partial charge in [0.25, 0.3) is 0 Å². The van der Waals surface area contributed by atoms with Crippen molar-refractivity contribution in [1.82, 2.24) is 5.32 Å². The lowest BCUT2D eigenvalue weighted by molar-refractivity contribution is -0.149. The molecule has 0 radical (unpaired) electrons. The van der Waals surface area contributed by atoms with Crippen LogP contribution in [0.4, 0.5) is 14.9 Å². The number of amides is 3. The molecule has 0 saturated heterocycles. The van der Waals surface area contributed by atoms with Crippen molar-refractivity contribution < 1.29 is 23.9 Å². The summed E-state index contributed by atoms with van der Waals surface area (Å²) >= 11 is 3.12. The van der Waals surface area contributed by atoms with Crippen LogP contribution in [-0.4, -0.2) is 23.0 Å². The normalized spacial score (nSPS) is 10.9. The lowest BCUT2D eigenvalue weighted by atomic mass is 9.89. The van der Waals surface area contributed by atoms with E-state index in [0.717, 1.165) is 6.07 Å². The highest BCUT2D eigenvalue weighted by atomic mass is 79.9. The molecule has 0 aliphatic carbocycles. The third-order valence-corrected chi connectivity index (χ3v) is 3.10. The predicted molar refractivity (Wildman–Crippen MR) is 77.3 cm³/mol. The Bertz CT molecular complexity index is 590. The molecule has 1 aromatic carbocycles. The third-order valence-electron chi connectivity index (χ3n) is 2.61. The van der Waals surface area contributed by atoms with E-state index in [1.807, 2.05) is 5.32 Å². The molecular weight excluding hydrogens is 347 g/mol. The number of benzene rings is 1. The van der Waals surface area contributed by atoms with Crippen LogP contribution in [0.2, 0.25) is 0 Å². The minimum absolute atomic E-state index is 0.104. The van der Waals surface area contributed by atoms with E-state index in [9.17, 15) is 18.8 Å². The Balaban J connectivity index is 2.64. The van der Waals surface area contributed by atoms with Crippen LogP contribution in [0.15, 0.2) is 22.7 Å². The van der Waals surface area contributed by atoms with Gasteiger partial charge in [0.1, 0.15) is 5.82 Å². The van der Waals surface area contributed by atoms with Gasteiger partial charge in [-0.1, -0.05) is 15.9 Å². The summed E-state index contributed by atoms with van der Waals surface area (Å²) in [6.07, 6.45) is -0.378. The molecule has 0 saturated carbocycles. The molecule has 0 bridgehead atoms. The number of aliphatic carboxylic acids is 1. The van der Waals surface area contributed by atoms with Crippen LogP contribution < -0.4 is 10.6 Å². The molecule has 0 aliphatic heterocycles. The van der Waals surface area contributed by atoms with Crippen LogP contribution in [0, 0.1) is 11.2 Å². The van der Waals surface area contributed by atoms with E-state index in [-0.39, 0.29) is 12.1 Å². The van der Waals surface area contributed by atoms with Crippen molar-refractivity contribution in [3.05, 3.63) is 28.5 Å². The Morgan fingerprint density at radius 3 is 2.52 bits per heavy atom. The lowest BCUT2D eigenvalue weighted by Gasteiger charge is -2.17. The van der Waals surface area contributed by atoms with E-state index in [1.54, 1.807) is 0 Å². The highest BCUT2D eigenvalue weighted by molar-refractivity contribution is 9.10. The minimum atomic E-state index is -1.30. The molecule has 0 atom stereocenters. The first-order chi connectivity index (χ1) is 9.61. The summed E-state index contributed by atoms with van der Waals surface area (Å²) in [5.74, 6) is -2.59. The van der Waals surface area contributed by atoms with Gasteiger partial charge in [-0.25, -0.2) is 9.18 Å². The summed E-state index contributed by atoms with van der Waals surface area (Å²) in [6, 6.07) is 3.01. The number of hydrogen-bond donors (Lipinski definition) is 3. The summed E-state index contributed by atoms with van der Waals surface area (Å²) in [6.45, 7) is 2.72. The van der Waals surface area contributed by atoms with E-state index in [2.05, 4.69) is 21.2 Å². The molecular formula is C13H14BrFN2O4. The molecule has 3 N–H and O–H groups in total. The zero-order chi connectivity index (χ0) is 16.2. The van der Waals surface area contributed by atoms with E-state index < -0.39 is 29.1 Å². The van der Waals surface area contributed by atoms with Crippen molar-refractivity contribution in [3.63, 3.8) is 0 Å². The topological polar surface area (TPSA) is 95.5 Å². The highest BCUT2D eigenvalue weighted by Crippen LogP contribution is 2.21. The molecule has 1 aromatic rings. The molecule has 114 valence electrons. The zero-order valence-corrected chi connectivity index (χ0v) is 13.0. The van der Waals surface area contributed by atoms with Gasteiger partial charge >= 0.3 is 12.0 Å². The standard InChI is InChI=1S/C13H14BrFN2O4/c1-13(2,11(19)20)6-10(18)17-12(21)16-9-5-7(14)3-4-8(9)15/h3-5H,6H2,1-2H3,(H,19,20)(H2,16,17,18,21). The van der Waals surface area contributed by atoms with Crippen LogP contribution in [0.25, 0.3) is 0 Å². The average molecular weight is 361 g/mol. The molecule has 21 heavy (non-hydrogen) atoms. The smallest absolute Gasteiger partial charge is 0.325 e. The van der Waals surface area contributed by atoms with Gasteiger partial charge in [-0.3, -0.25) is 14.9 Å². The van der Waals surface area contributed by atoms with Crippen LogP contribution in [0.3, 0.4) is 0 Å². The predicted octanol–water partition coefficient (Wildman–Crippen LogP) is 2.74. The first kappa shape index (κ1) is 17.1. The second-order valence-electron chi connectivity index (χ2n) is 4.99. The number of carboxylic acids is 1. The van der Waals surface area contributed by atoms with Crippen molar-refractivity contribution in [2.75, 3.05) is 5.32 Å². The maximum Gasteiger partial charge on any atom is 0.325 e. The summed E-state index contributed by atoms with van der Waals surface area (Å²) in [4.78, 5) is 34.0. The van der Waals surface area contributed by atoms with Gasteiger partial charge in [0.05, 0.1) is 11.1 Å². The van der Waals surface area contributed by atoms with Crippen LogP contribution >= 0.6 is 15.9 Å². The van der Waals surface area contributed by atoms with Crippen molar-refractivity contribution in [1.29, 1.82) is 0 Å². The van der Waals surface area contributed by atoms with Crippen LogP contribution in [0.5, 0.6) is 0 Å². The Kier molecular flexibility index (Phi) is 5.42. The van der Waals surface area contributed by atoms with Crippen molar-refractivity contribution in [2.45, 2.75) is 20.3 Å². The highest BCUT2D eigenvalue weighted by Gasteiger charge is 2.30. The largest absolute Gasteiger partial charge is 0.481 e. The Morgan fingerprint density at radius 1 is 1.33 bits per heavy atom. The fraction of sp³-hybridized carbons (Fsp3) is 0.308. The Labute approximate surface area is 128 Å². The number of carboxylic acid groups (broad SMARTS) is 1.